The van der Waals surface area contributed by atoms with E-state index in [0.717, 1.165) is 6.42 Å². The number of hydrogen-bond acceptors (Lipinski definition) is 1. The highest BCUT2D eigenvalue weighted by atomic mass is 16.3. The molecule has 1 heteroatoms. The van der Waals surface area contributed by atoms with Gasteiger partial charge in [0.05, 0.1) is 0 Å². The molecule has 1 rings (SSSR count). The minimum atomic E-state index is -0.692. The van der Waals surface area contributed by atoms with Crippen LogP contribution in [-0.4, -0.2) is 11.2 Å². The van der Waals surface area contributed by atoms with Crippen molar-refractivity contribution < 1.29 is 5.11 Å². The van der Waals surface area contributed by atoms with Crippen LogP contribution in [0.1, 0.15) is 19.4 Å². The summed E-state index contributed by atoms with van der Waals surface area (Å²) in [5.41, 5.74) is 0.933. The summed E-state index contributed by atoms with van der Waals surface area (Å²) in [5.74, 6) is 2.38. The summed E-state index contributed by atoms with van der Waals surface area (Å²) >= 11 is 0. The summed E-state index contributed by atoms with van der Waals surface area (Å²) in [6.45, 7) is 3.95. The molecule has 74 valence electrons. The van der Waals surface area contributed by atoms with E-state index in [1.165, 1.54) is 5.56 Å². The van der Waals surface area contributed by atoms with Crippen LogP contribution in [0, 0.1) is 17.8 Å². The highest BCUT2D eigenvalue weighted by Gasteiger charge is 2.26. The molecule has 0 fully saturated rings. The van der Waals surface area contributed by atoms with Gasteiger partial charge < -0.3 is 5.11 Å². The van der Waals surface area contributed by atoms with E-state index in [1.807, 2.05) is 44.2 Å². The lowest BCUT2D eigenvalue weighted by atomic mass is 9.81. The van der Waals surface area contributed by atoms with Crippen molar-refractivity contribution in [3.63, 3.8) is 0 Å². The van der Waals surface area contributed by atoms with Gasteiger partial charge >= 0.3 is 0 Å². The lowest BCUT2D eigenvalue weighted by Crippen LogP contribution is -2.30. The van der Waals surface area contributed by atoms with Gasteiger partial charge in [0.1, 0.15) is 6.10 Å². The number of aliphatic hydroxyl groups excluding tert-OH is 1. The van der Waals surface area contributed by atoms with Crippen molar-refractivity contribution in [3.05, 3.63) is 35.9 Å². The Morgan fingerprint density at radius 1 is 1.36 bits per heavy atom. The van der Waals surface area contributed by atoms with E-state index >= 15 is 0 Å². The van der Waals surface area contributed by atoms with Gasteiger partial charge in [0.25, 0.3) is 0 Å². The van der Waals surface area contributed by atoms with Crippen LogP contribution in [0.3, 0.4) is 0 Å². The van der Waals surface area contributed by atoms with Gasteiger partial charge in [0, 0.05) is 5.41 Å². The summed E-state index contributed by atoms with van der Waals surface area (Å²) < 4.78 is 0. The SMILES string of the molecule is C#C[C@@H](O)C(C)(C)Cc1ccccc1. The van der Waals surface area contributed by atoms with Crippen LogP contribution < -0.4 is 0 Å². The molecule has 1 atom stereocenters. The van der Waals surface area contributed by atoms with Crippen LogP contribution in [0.15, 0.2) is 30.3 Å². The Morgan fingerprint density at radius 3 is 2.43 bits per heavy atom. The predicted molar refractivity (Wildman–Crippen MR) is 58.8 cm³/mol. The first kappa shape index (κ1) is 10.8. The first-order valence-electron chi connectivity index (χ1n) is 4.74. The monoisotopic (exact) mass is 188 g/mol. The second-order valence-electron chi connectivity index (χ2n) is 4.22. The van der Waals surface area contributed by atoms with Gasteiger partial charge in [-0.1, -0.05) is 50.1 Å². The zero-order valence-corrected chi connectivity index (χ0v) is 8.70. The highest BCUT2D eigenvalue weighted by molar-refractivity contribution is 5.17. The largest absolute Gasteiger partial charge is 0.380 e. The number of benzene rings is 1. The van der Waals surface area contributed by atoms with Crippen LogP contribution >= 0.6 is 0 Å². The van der Waals surface area contributed by atoms with Gasteiger partial charge in [0.15, 0.2) is 0 Å². The third-order valence-electron chi connectivity index (χ3n) is 2.40. The third-order valence-corrected chi connectivity index (χ3v) is 2.40. The first-order valence-corrected chi connectivity index (χ1v) is 4.74. The van der Waals surface area contributed by atoms with E-state index in [0.29, 0.717) is 0 Å². The third kappa shape index (κ3) is 2.61. The molecule has 0 unspecified atom stereocenters. The standard InChI is InChI=1S/C13H16O/c1-4-12(14)13(2,3)10-11-8-6-5-7-9-11/h1,5-9,12,14H,10H2,2-3H3/t12-/m1/s1. The van der Waals surface area contributed by atoms with Crippen LogP contribution in [0.2, 0.25) is 0 Å². The molecule has 0 saturated carbocycles. The van der Waals surface area contributed by atoms with Gasteiger partial charge in [-0.15, -0.1) is 6.42 Å². The van der Waals surface area contributed by atoms with Crippen molar-refractivity contribution in [2.24, 2.45) is 5.41 Å². The maximum Gasteiger partial charge on any atom is 0.119 e. The summed E-state index contributed by atoms with van der Waals surface area (Å²) in [6, 6.07) is 10.1. The zero-order chi connectivity index (χ0) is 10.6. The minimum absolute atomic E-state index is 0.268. The molecule has 1 N–H and O–H groups in total. The summed E-state index contributed by atoms with van der Waals surface area (Å²) in [7, 11) is 0. The lowest BCUT2D eigenvalue weighted by molar-refractivity contribution is 0.0991. The molecule has 0 aliphatic heterocycles. The summed E-state index contributed by atoms with van der Waals surface area (Å²) in [5, 5.41) is 9.61. The quantitative estimate of drug-likeness (QED) is 0.721. The molecule has 0 aliphatic rings. The second-order valence-corrected chi connectivity index (χ2v) is 4.22. The normalized spacial score (nSPS) is 13.3. The smallest absolute Gasteiger partial charge is 0.119 e. The van der Waals surface area contributed by atoms with Crippen molar-refractivity contribution in [3.8, 4) is 12.3 Å². The Kier molecular flexibility index (Phi) is 3.33. The second kappa shape index (κ2) is 4.30. The molecule has 0 saturated heterocycles. The average Bonchev–Trinajstić information content (AvgIpc) is 2.17. The summed E-state index contributed by atoms with van der Waals surface area (Å²) in [6.07, 6.45) is 5.31. The fraction of sp³-hybridized carbons (Fsp3) is 0.385. The Hall–Kier alpha value is -1.26. The molecule has 1 nitrogen and oxygen atoms in total. The van der Waals surface area contributed by atoms with E-state index in [1.54, 1.807) is 0 Å². The van der Waals surface area contributed by atoms with Gasteiger partial charge in [-0.3, -0.25) is 0 Å². The van der Waals surface area contributed by atoms with Crippen LogP contribution in [-0.2, 0) is 6.42 Å². The Bertz CT molecular complexity index is 319. The summed E-state index contributed by atoms with van der Waals surface area (Å²) in [4.78, 5) is 0. The minimum Gasteiger partial charge on any atom is -0.380 e. The Labute approximate surface area is 85.8 Å². The Balaban J connectivity index is 2.74. The molecular formula is C13H16O. The Morgan fingerprint density at radius 2 is 1.93 bits per heavy atom. The number of terminal acetylenes is 1. The topological polar surface area (TPSA) is 20.2 Å². The maximum absolute atomic E-state index is 9.61. The number of aliphatic hydroxyl groups is 1. The van der Waals surface area contributed by atoms with E-state index < -0.39 is 6.10 Å². The lowest BCUT2D eigenvalue weighted by Gasteiger charge is -2.27. The highest BCUT2D eigenvalue weighted by Crippen LogP contribution is 2.25. The number of rotatable bonds is 3. The van der Waals surface area contributed by atoms with Crippen LogP contribution in [0.4, 0.5) is 0 Å². The zero-order valence-electron chi connectivity index (χ0n) is 8.70. The van der Waals surface area contributed by atoms with Crippen molar-refractivity contribution in [2.75, 3.05) is 0 Å². The van der Waals surface area contributed by atoms with Crippen LogP contribution in [0.25, 0.3) is 0 Å². The van der Waals surface area contributed by atoms with Crippen molar-refractivity contribution in [1.82, 2.24) is 0 Å². The fourth-order valence-electron chi connectivity index (χ4n) is 1.44. The van der Waals surface area contributed by atoms with E-state index in [9.17, 15) is 5.11 Å². The molecule has 14 heavy (non-hydrogen) atoms. The maximum atomic E-state index is 9.61. The first-order chi connectivity index (χ1) is 6.56. The van der Waals surface area contributed by atoms with Crippen molar-refractivity contribution in [2.45, 2.75) is 26.4 Å². The number of hydrogen-bond donors (Lipinski definition) is 1. The van der Waals surface area contributed by atoms with E-state index in [2.05, 4.69) is 5.92 Å². The average molecular weight is 188 g/mol. The molecular weight excluding hydrogens is 172 g/mol. The molecule has 0 aromatic heterocycles. The van der Waals surface area contributed by atoms with Gasteiger partial charge in [0.2, 0.25) is 0 Å². The van der Waals surface area contributed by atoms with Gasteiger partial charge in [-0.2, -0.15) is 0 Å². The molecule has 0 spiro atoms. The van der Waals surface area contributed by atoms with E-state index in [-0.39, 0.29) is 5.41 Å². The molecule has 0 amide bonds. The predicted octanol–water partition coefficient (Wildman–Crippen LogP) is 2.25. The van der Waals surface area contributed by atoms with E-state index in [4.69, 9.17) is 6.42 Å². The fourth-order valence-corrected chi connectivity index (χ4v) is 1.44. The van der Waals surface area contributed by atoms with Crippen LogP contribution in [0.5, 0.6) is 0 Å². The molecule has 0 heterocycles. The van der Waals surface area contributed by atoms with Gasteiger partial charge in [-0.05, 0) is 12.0 Å². The molecule has 1 aromatic rings. The molecule has 0 bridgehead atoms. The van der Waals surface area contributed by atoms with Crippen molar-refractivity contribution >= 4 is 0 Å². The van der Waals surface area contributed by atoms with Crippen molar-refractivity contribution in [1.29, 1.82) is 0 Å². The molecule has 1 aromatic carbocycles. The van der Waals surface area contributed by atoms with Gasteiger partial charge in [-0.25, -0.2) is 0 Å². The molecule has 0 radical (unpaired) electrons. The molecule has 0 aliphatic carbocycles.